The van der Waals surface area contributed by atoms with E-state index in [1.54, 1.807) is 24.3 Å². The first-order valence-electron chi connectivity index (χ1n) is 5.87. The highest BCUT2D eigenvalue weighted by Crippen LogP contribution is 2.27. The van der Waals surface area contributed by atoms with Crippen LogP contribution >= 0.6 is 0 Å². The number of nitrogens with zero attached hydrogens (tertiary/aromatic N) is 1. The minimum Gasteiger partial charge on any atom is -0.462 e. The highest BCUT2D eigenvalue weighted by Gasteiger charge is 2.36. The van der Waals surface area contributed by atoms with Crippen molar-refractivity contribution in [3.63, 3.8) is 0 Å². The van der Waals surface area contributed by atoms with Crippen LogP contribution in [0.5, 0.6) is 5.75 Å². The quantitative estimate of drug-likeness (QED) is 0.818. The Morgan fingerprint density at radius 1 is 1.16 bits per heavy atom. The van der Waals surface area contributed by atoms with Gasteiger partial charge in [-0.15, -0.1) is 0 Å². The van der Waals surface area contributed by atoms with E-state index >= 15 is 0 Å². The highest BCUT2D eigenvalue weighted by atomic mass is 16.7. The van der Waals surface area contributed by atoms with Gasteiger partial charge in [0.1, 0.15) is 5.75 Å². The summed E-state index contributed by atoms with van der Waals surface area (Å²) >= 11 is 0. The maximum Gasteiger partial charge on any atom is 0.494 e. The van der Waals surface area contributed by atoms with Gasteiger partial charge < -0.3 is 14.4 Å². The van der Waals surface area contributed by atoms with Crippen molar-refractivity contribution in [3.8, 4) is 11.8 Å². The third-order valence-corrected chi connectivity index (χ3v) is 3.00. The van der Waals surface area contributed by atoms with Gasteiger partial charge in [0.05, 0.1) is 11.6 Å². The third kappa shape index (κ3) is 2.19. The lowest BCUT2D eigenvalue weighted by Crippen LogP contribution is -2.27. The molecule has 0 saturated carbocycles. The summed E-state index contributed by atoms with van der Waals surface area (Å²) < 4.78 is 11.0. The maximum atomic E-state index is 9.77. The van der Waals surface area contributed by atoms with Gasteiger partial charge in [0.25, 0.3) is 0 Å². The van der Waals surface area contributed by atoms with Crippen molar-refractivity contribution >= 4 is 12.6 Å². The molecule has 1 atom stereocenters. The lowest BCUT2D eigenvalue weighted by molar-refractivity contribution is 0.000885. The summed E-state index contributed by atoms with van der Waals surface area (Å²) in [6, 6.07) is 16.2. The highest BCUT2D eigenvalue weighted by molar-refractivity contribution is 6.61. The molecule has 0 fully saturated rings. The van der Waals surface area contributed by atoms with E-state index in [2.05, 4.69) is 0 Å². The topological polar surface area (TPSA) is 62.5 Å². The van der Waals surface area contributed by atoms with Crippen molar-refractivity contribution in [2.45, 2.75) is 6.29 Å². The van der Waals surface area contributed by atoms with Crippen LogP contribution in [0.25, 0.3) is 0 Å². The monoisotopic (exact) mass is 251 g/mol. The summed E-state index contributed by atoms with van der Waals surface area (Å²) in [6.07, 6.45) is -0.626. The van der Waals surface area contributed by atoms with Gasteiger partial charge in [0, 0.05) is 5.56 Å². The number of rotatable bonds is 2. The first kappa shape index (κ1) is 11.8. The number of nitriles is 1. The van der Waals surface area contributed by atoms with Crippen molar-refractivity contribution < 1.29 is 14.4 Å². The van der Waals surface area contributed by atoms with Crippen LogP contribution in [-0.2, 0) is 4.65 Å². The Hall–Kier alpha value is -2.29. The molecule has 1 N–H and O–H groups in total. The first-order valence-corrected chi connectivity index (χ1v) is 5.87. The molecule has 0 bridgehead atoms. The molecule has 5 heteroatoms. The largest absolute Gasteiger partial charge is 0.494 e. The van der Waals surface area contributed by atoms with Crippen LogP contribution in [-0.4, -0.2) is 12.1 Å². The van der Waals surface area contributed by atoms with Crippen molar-refractivity contribution in [2.75, 3.05) is 0 Å². The van der Waals surface area contributed by atoms with Gasteiger partial charge >= 0.3 is 7.12 Å². The second-order valence-corrected chi connectivity index (χ2v) is 4.20. The molecule has 4 nitrogen and oxygen atoms in total. The molecule has 2 aromatic carbocycles. The predicted molar refractivity (Wildman–Crippen MR) is 69.7 cm³/mol. The average Bonchev–Trinajstić information content (AvgIpc) is 2.77. The fraction of sp³-hybridized carbons (Fsp3) is 0.0714. The van der Waals surface area contributed by atoms with Gasteiger partial charge in [-0.2, -0.15) is 5.26 Å². The lowest BCUT2D eigenvalue weighted by Gasteiger charge is -2.14. The molecule has 1 heterocycles. The summed E-state index contributed by atoms with van der Waals surface area (Å²) in [5.74, 6) is 0.591. The van der Waals surface area contributed by atoms with Gasteiger partial charge in [-0.05, 0) is 29.7 Å². The first-order chi connectivity index (χ1) is 9.28. The van der Waals surface area contributed by atoms with E-state index in [-0.39, 0.29) is 0 Å². The summed E-state index contributed by atoms with van der Waals surface area (Å²) in [7, 11) is -0.959. The molecule has 0 aliphatic carbocycles. The van der Waals surface area contributed by atoms with E-state index in [0.717, 1.165) is 11.0 Å². The van der Waals surface area contributed by atoms with Gasteiger partial charge in [0.15, 0.2) is 0 Å². The van der Waals surface area contributed by atoms with E-state index in [1.807, 2.05) is 30.3 Å². The second-order valence-electron chi connectivity index (χ2n) is 4.20. The molecule has 0 amide bonds. The summed E-state index contributed by atoms with van der Waals surface area (Å²) in [4.78, 5) is 0. The van der Waals surface area contributed by atoms with E-state index in [9.17, 15) is 5.02 Å². The van der Waals surface area contributed by atoms with Gasteiger partial charge in [-0.25, -0.2) is 0 Å². The van der Waals surface area contributed by atoms with E-state index in [0.29, 0.717) is 11.3 Å². The Morgan fingerprint density at radius 2 is 1.89 bits per heavy atom. The third-order valence-electron chi connectivity index (χ3n) is 3.00. The van der Waals surface area contributed by atoms with Crippen LogP contribution in [0.2, 0.25) is 0 Å². The van der Waals surface area contributed by atoms with Crippen molar-refractivity contribution in [1.29, 1.82) is 5.26 Å². The number of fused-ring (bicyclic) bond motifs is 1. The smallest absolute Gasteiger partial charge is 0.462 e. The second kappa shape index (κ2) is 4.77. The Labute approximate surface area is 111 Å². The molecular weight excluding hydrogens is 241 g/mol. The van der Waals surface area contributed by atoms with Crippen LogP contribution in [0.3, 0.4) is 0 Å². The standard InChI is InChI=1S/C14H10BNO3/c16-9-10-5-7-11(8-6-10)18-14-12-3-1-2-4-13(12)15(17)19-14/h1-8,14,17H. The molecule has 0 saturated heterocycles. The fourth-order valence-corrected chi connectivity index (χ4v) is 2.04. The molecule has 1 aliphatic heterocycles. The van der Waals surface area contributed by atoms with E-state index < -0.39 is 13.4 Å². The molecular formula is C14H10BNO3. The van der Waals surface area contributed by atoms with Gasteiger partial charge in [-0.3, -0.25) is 0 Å². The summed E-state index contributed by atoms with van der Waals surface area (Å²) in [5, 5.41) is 18.5. The van der Waals surface area contributed by atoms with Crippen LogP contribution in [0.15, 0.2) is 48.5 Å². The fourth-order valence-electron chi connectivity index (χ4n) is 2.04. The summed E-state index contributed by atoms with van der Waals surface area (Å²) in [6.45, 7) is 0. The zero-order chi connectivity index (χ0) is 13.2. The van der Waals surface area contributed by atoms with Crippen molar-refractivity contribution in [3.05, 3.63) is 59.7 Å². The molecule has 19 heavy (non-hydrogen) atoms. The van der Waals surface area contributed by atoms with Crippen molar-refractivity contribution in [2.24, 2.45) is 0 Å². The summed E-state index contributed by atoms with van der Waals surface area (Å²) in [5.41, 5.74) is 2.11. The number of benzene rings is 2. The zero-order valence-corrected chi connectivity index (χ0v) is 9.98. The Morgan fingerprint density at radius 3 is 2.63 bits per heavy atom. The van der Waals surface area contributed by atoms with Crippen LogP contribution in [0.1, 0.15) is 17.4 Å². The van der Waals surface area contributed by atoms with Crippen LogP contribution in [0, 0.1) is 11.3 Å². The molecule has 3 rings (SSSR count). The Balaban J connectivity index is 1.83. The minimum atomic E-state index is -0.959. The van der Waals surface area contributed by atoms with E-state index in [4.69, 9.17) is 14.7 Å². The molecule has 92 valence electrons. The van der Waals surface area contributed by atoms with Crippen molar-refractivity contribution in [1.82, 2.24) is 0 Å². The molecule has 0 aromatic heterocycles. The maximum absolute atomic E-state index is 9.77. The normalized spacial score (nSPS) is 16.8. The molecule has 2 aromatic rings. The van der Waals surface area contributed by atoms with E-state index in [1.165, 1.54) is 0 Å². The zero-order valence-electron chi connectivity index (χ0n) is 9.98. The Bertz CT molecular complexity index is 636. The SMILES string of the molecule is N#Cc1ccc(OC2OB(O)c3ccccc32)cc1. The van der Waals surface area contributed by atoms with Crippen LogP contribution in [0.4, 0.5) is 0 Å². The minimum absolute atomic E-state index is 0.570. The van der Waals surface area contributed by atoms with Crippen LogP contribution < -0.4 is 10.2 Å². The number of hydrogen-bond donors (Lipinski definition) is 1. The molecule has 1 aliphatic rings. The molecule has 1 unspecified atom stereocenters. The molecule has 0 radical (unpaired) electrons. The number of hydrogen-bond acceptors (Lipinski definition) is 4. The number of ether oxygens (including phenoxy) is 1. The predicted octanol–water partition coefficient (Wildman–Crippen LogP) is 1.35. The van der Waals surface area contributed by atoms with Gasteiger partial charge in [0.2, 0.25) is 6.29 Å². The Kier molecular flexibility index (Phi) is 2.96. The molecule has 0 spiro atoms. The lowest BCUT2D eigenvalue weighted by atomic mass is 9.80. The van der Waals surface area contributed by atoms with Gasteiger partial charge in [-0.1, -0.05) is 24.3 Å². The average molecular weight is 251 g/mol.